The Balaban J connectivity index is 1.92. The lowest BCUT2D eigenvalue weighted by Gasteiger charge is -2.26. The lowest BCUT2D eigenvalue weighted by Crippen LogP contribution is -2.36. The van der Waals surface area contributed by atoms with Gasteiger partial charge in [0, 0.05) is 18.1 Å². The number of anilines is 1. The third-order valence-corrected chi connectivity index (χ3v) is 9.92. The van der Waals surface area contributed by atoms with Gasteiger partial charge in [-0.05, 0) is 44.9 Å². The van der Waals surface area contributed by atoms with E-state index in [1.807, 2.05) is 29.7 Å². The molecule has 0 spiro atoms. The van der Waals surface area contributed by atoms with Gasteiger partial charge in [-0.15, -0.1) is 0 Å². The second-order valence-corrected chi connectivity index (χ2v) is 11.9. The van der Waals surface area contributed by atoms with Crippen LogP contribution in [0.25, 0.3) is 10.3 Å². The zero-order chi connectivity index (χ0) is 25.2. The molecular weight excluding hydrogens is 511 g/mol. The lowest BCUT2D eigenvalue weighted by molar-refractivity contribution is 0.122. The number of thiazole rings is 1. The number of halogens is 1. The Bertz CT molecular complexity index is 1300. The van der Waals surface area contributed by atoms with E-state index in [9.17, 15) is 9.36 Å². The van der Waals surface area contributed by atoms with Crippen LogP contribution in [0.2, 0.25) is 5.02 Å². The highest BCUT2D eigenvalue weighted by Crippen LogP contribution is 2.60. The highest BCUT2D eigenvalue weighted by Gasteiger charge is 2.37. The molecule has 4 rings (SSSR count). The van der Waals surface area contributed by atoms with E-state index in [4.69, 9.17) is 30.4 Å². The van der Waals surface area contributed by atoms with Crippen molar-refractivity contribution in [3.05, 3.63) is 50.5 Å². The molecule has 0 N–H and O–H groups in total. The topological polar surface area (TPSA) is 95.8 Å². The molecule has 1 saturated heterocycles. The van der Waals surface area contributed by atoms with E-state index < -0.39 is 18.8 Å². The number of benzene rings is 1. The molecule has 1 fully saturated rings. The van der Waals surface area contributed by atoms with Crippen LogP contribution in [0.15, 0.2) is 23.0 Å². The van der Waals surface area contributed by atoms with Crippen LogP contribution in [0.5, 0.6) is 0 Å². The predicted molar refractivity (Wildman–Crippen MR) is 139 cm³/mol. The first-order valence-corrected chi connectivity index (χ1v) is 14.5. The Kier molecular flexibility index (Phi) is 8.30. The molecule has 0 aliphatic carbocycles. The highest BCUT2D eigenvalue weighted by molar-refractivity contribution is 7.54. The van der Waals surface area contributed by atoms with Gasteiger partial charge in [-0.25, -0.2) is 4.98 Å². The van der Waals surface area contributed by atoms with Crippen LogP contribution in [-0.4, -0.2) is 54.1 Å². The summed E-state index contributed by atoms with van der Waals surface area (Å²) in [6.07, 6.45) is 0. The molecule has 1 aliphatic rings. The van der Waals surface area contributed by atoms with Gasteiger partial charge in [0.1, 0.15) is 16.2 Å². The molecule has 1 unspecified atom stereocenters. The minimum atomic E-state index is -3.60. The molecule has 12 heteroatoms. The molecule has 1 aliphatic heterocycles. The molecule has 3 heterocycles. The zero-order valence-electron chi connectivity index (χ0n) is 20.3. The summed E-state index contributed by atoms with van der Waals surface area (Å²) in [4.78, 5) is 24.6. The molecule has 0 bridgehead atoms. The maximum atomic E-state index is 13.7. The van der Waals surface area contributed by atoms with E-state index >= 15 is 0 Å². The van der Waals surface area contributed by atoms with Gasteiger partial charge in [-0.3, -0.25) is 9.36 Å². The maximum absolute atomic E-state index is 13.7. The van der Waals surface area contributed by atoms with Crippen molar-refractivity contribution in [3.8, 4) is 0 Å². The predicted octanol–water partition coefficient (Wildman–Crippen LogP) is 5.03. The number of morpholine rings is 1. The summed E-state index contributed by atoms with van der Waals surface area (Å²) in [5.74, 6) is 0.311. The molecule has 35 heavy (non-hydrogen) atoms. The van der Waals surface area contributed by atoms with Crippen molar-refractivity contribution in [3.63, 3.8) is 0 Å². The second-order valence-electron chi connectivity index (χ2n) is 8.19. The fourth-order valence-electron chi connectivity index (χ4n) is 4.07. The minimum absolute atomic E-state index is 0.208. The zero-order valence-corrected chi connectivity index (χ0v) is 22.8. The Morgan fingerprint density at radius 3 is 2.54 bits per heavy atom. The maximum Gasteiger partial charge on any atom is 0.340 e. The number of hydrogen-bond donors (Lipinski definition) is 0. The van der Waals surface area contributed by atoms with E-state index in [-0.39, 0.29) is 13.2 Å². The van der Waals surface area contributed by atoms with E-state index in [0.717, 1.165) is 16.3 Å². The van der Waals surface area contributed by atoms with Crippen molar-refractivity contribution in [2.24, 2.45) is 0 Å². The average Bonchev–Trinajstić information content (AvgIpc) is 3.30. The van der Waals surface area contributed by atoms with Gasteiger partial charge in [0.25, 0.3) is 5.56 Å². The van der Waals surface area contributed by atoms with Crippen LogP contribution in [-0.2, 0) is 24.9 Å². The van der Waals surface area contributed by atoms with Crippen LogP contribution in [0.1, 0.15) is 43.4 Å². The molecule has 9 nitrogen and oxygen atoms in total. The van der Waals surface area contributed by atoms with Crippen molar-refractivity contribution in [2.45, 2.75) is 39.9 Å². The SMILES string of the molecule is CCOP(=O)(OCC)C(C)c1nc(=O)c2sc(N3CCOCC3)nc2n1Cc1cccc(Cl)c1C. The van der Waals surface area contributed by atoms with Gasteiger partial charge in [0.05, 0.1) is 33.0 Å². The number of ether oxygens (including phenoxy) is 1. The van der Waals surface area contributed by atoms with E-state index in [0.29, 0.717) is 54.0 Å². The Morgan fingerprint density at radius 1 is 1.20 bits per heavy atom. The molecule has 0 saturated carbocycles. The number of hydrogen-bond acceptors (Lipinski definition) is 9. The smallest absolute Gasteiger partial charge is 0.340 e. The molecule has 190 valence electrons. The summed E-state index contributed by atoms with van der Waals surface area (Å²) in [5, 5.41) is 1.38. The van der Waals surface area contributed by atoms with Crippen LogP contribution >= 0.6 is 30.5 Å². The highest BCUT2D eigenvalue weighted by atomic mass is 35.5. The molecule has 3 aromatic rings. The Hall–Kier alpha value is -1.81. The Labute approximate surface area is 213 Å². The van der Waals surface area contributed by atoms with Gasteiger partial charge in [0.15, 0.2) is 10.8 Å². The third kappa shape index (κ3) is 5.33. The van der Waals surface area contributed by atoms with Crippen LogP contribution < -0.4 is 10.5 Å². The number of aromatic nitrogens is 3. The summed E-state index contributed by atoms with van der Waals surface area (Å²) in [6.45, 7) is 10.5. The Morgan fingerprint density at radius 2 is 1.89 bits per heavy atom. The quantitative estimate of drug-likeness (QED) is 0.349. The average molecular weight is 541 g/mol. The molecule has 0 radical (unpaired) electrons. The minimum Gasteiger partial charge on any atom is -0.378 e. The van der Waals surface area contributed by atoms with Crippen molar-refractivity contribution < 1.29 is 18.3 Å². The summed E-state index contributed by atoms with van der Waals surface area (Å²) in [7, 11) is -3.60. The number of fused-ring (bicyclic) bond motifs is 1. The fraction of sp³-hybridized carbons (Fsp3) is 0.522. The largest absolute Gasteiger partial charge is 0.378 e. The molecule has 2 aromatic heterocycles. The lowest BCUT2D eigenvalue weighted by atomic mass is 10.1. The van der Waals surface area contributed by atoms with Crippen LogP contribution in [0.3, 0.4) is 0 Å². The number of rotatable bonds is 9. The van der Waals surface area contributed by atoms with Gasteiger partial charge in [-0.1, -0.05) is 35.1 Å². The van der Waals surface area contributed by atoms with E-state index in [2.05, 4.69) is 9.88 Å². The van der Waals surface area contributed by atoms with Crippen molar-refractivity contribution in [1.29, 1.82) is 0 Å². The van der Waals surface area contributed by atoms with Crippen LogP contribution in [0, 0.1) is 6.92 Å². The van der Waals surface area contributed by atoms with Crippen molar-refractivity contribution >= 4 is 46.0 Å². The first kappa shape index (κ1) is 26.3. The van der Waals surface area contributed by atoms with Crippen molar-refractivity contribution in [1.82, 2.24) is 14.5 Å². The summed E-state index contributed by atoms with van der Waals surface area (Å²) < 4.78 is 32.7. The molecule has 0 amide bonds. The van der Waals surface area contributed by atoms with Gasteiger partial charge in [0.2, 0.25) is 0 Å². The van der Waals surface area contributed by atoms with Gasteiger partial charge < -0.3 is 23.3 Å². The molecule has 1 atom stereocenters. The summed E-state index contributed by atoms with van der Waals surface area (Å²) in [6, 6.07) is 5.69. The summed E-state index contributed by atoms with van der Waals surface area (Å²) >= 11 is 7.71. The molecule has 1 aromatic carbocycles. The molecular formula is C23H30ClN4O5PS. The normalized spacial score (nSPS) is 15.6. The third-order valence-electron chi connectivity index (χ3n) is 6.00. The fourth-order valence-corrected chi connectivity index (χ4v) is 6.99. The standard InChI is InChI=1S/C23H30ClN4O5PS/c1-5-32-34(30,33-6-2)16(4)20-25-22(29)19-21(26-23(35-19)27-10-12-31-13-11-27)28(20)14-17-8-7-9-18(24)15(17)3/h7-9,16H,5-6,10-14H2,1-4H3. The van der Waals surface area contributed by atoms with Gasteiger partial charge in [-0.2, -0.15) is 4.98 Å². The van der Waals surface area contributed by atoms with E-state index in [1.165, 1.54) is 11.3 Å². The second kappa shape index (κ2) is 11.1. The van der Waals surface area contributed by atoms with Gasteiger partial charge >= 0.3 is 7.60 Å². The summed E-state index contributed by atoms with van der Waals surface area (Å²) in [5.41, 5.74) is 1.17. The first-order valence-electron chi connectivity index (χ1n) is 11.7. The van der Waals surface area contributed by atoms with E-state index in [1.54, 1.807) is 20.8 Å². The van der Waals surface area contributed by atoms with Crippen LogP contribution in [0.4, 0.5) is 5.13 Å². The first-order chi connectivity index (χ1) is 16.8. The number of nitrogens with zero attached hydrogens (tertiary/aromatic N) is 4. The van der Waals surface area contributed by atoms with Crippen molar-refractivity contribution in [2.75, 3.05) is 44.4 Å². The monoisotopic (exact) mass is 540 g/mol.